The quantitative estimate of drug-likeness (QED) is 0.906. The molecule has 1 aliphatic rings. The van der Waals surface area contributed by atoms with Crippen LogP contribution in [0.1, 0.15) is 23.0 Å². The highest BCUT2D eigenvalue weighted by Gasteiger charge is 2.31. The second-order valence-electron chi connectivity index (χ2n) is 5.70. The fourth-order valence-electron chi connectivity index (χ4n) is 2.85. The number of aliphatic carboxylic acids is 1. The van der Waals surface area contributed by atoms with Crippen molar-refractivity contribution < 1.29 is 23.8 Å². The highest BCUT2D eigenvalue weighted by Crippen LogP contribution is 2.19. The fourth-order valence-corrected chi connectivity index (χ4v) is 2.85. The zero-order chi connectivity index (χ0) is 18.0. The Labute approximate surface area is 143 Å². The molecule has 3 rings (SSSR count). The van der Waals surface area contributed by atoms with E-state index in [1.807, 2.05) is 6.92 Å². The normalized spacial score (nSPS) is 17.5. The van der Waals surface area contributed by atoms with E-state index in [9.17, 15) is 14.0 Å². The van der Waals surface area contributed by atoms with E-state index < -0.39 is 12.1 Å². The molecule has 1 N–H and O–H groups in total. The third-order valence-corrected chi connectivity index (χ3v) is 4.13. The van der Waals surface area contributed by atoms with Crippen LogP contribution in [0.25, 0.3) is 5.69 Å². The van der Waals surface area contributed by atoms with Gasteiger partial charge in [-0.2, -0.15) is 5.10 Å². The van der Waals surface area contributed by atoms with E-state index in [-0.39, 0.29) is 24.9 Å². The number of hydrogen-bond acceptors (Lipinski definition) is 4. The number of nitrogens with zero attached hydrogens (tertiary/aromatic N) is 3. The van der Waals surface area contributed by atoms with Gasteiger partial charge in [0, 0.05) is 6.54 Å². The van der Waals surface area contributed by atoms with Crippen LogP contribution in [-0.4, -0.2) is 57.5 Å². The van der Waals surface area contributed by atoms with Crippen molar-refractivity contribution in [3.8, 4) is 5.69 Å². The minimum atomic E-state index is -1.09. The second-order valence-corrected chi connectivity index (χ2v) is 5.70. The summed E-state index contributed by atoms with van der Waals surface area (Å²) in [4.78, 5) is 25.4. The number of amides is 1. The molecule has 1 amide bonds. The zero-order valence-electron chi connectivity index (χ0n) is 13.7. The van der Waals surface area contributed by atoms with Gasteiger partial charge in [0.15, 0.2) is 6.10 Å². The number of benzene rings is 1. The Morgan fingerprint density at radius 3 is 2.72 bits per heavy atom. The van der Waals surface area contributed by atoms with Gasteiger partial charge in [-0.05, 0) is 30.7 Å². The number of carboxylic acids is 1. The number of carbonyl (C=O) groups is 2. The molecule has 1 atom stereocenters. The predicted octanol–water partition coefficient (Wildman–Crippen LogP) is 1.50. The van der Waals surface area contributed by atoms with E-state index in [0.717, 1.165) is 0 Å². The molecule has 8 heteroatoms. The molecule has 0 bridgehead atoms. The number of carbonyl (C=O) groups excluding carboxylic acids is 1. The smallest absolute Gasteiger partial charge is 0.334 e. The summed E-state index contributed by atoms with van der Waals surface area (Å²) in [6.45, 7) is 2.40. The number of ether oxygens (including phenoxy) is 1. The molecular formula is C17H18FN3O4. The van der Waals surface area contributed by atoms with E-state index in [1.54, 1.807) is 16.8 Å². The van der Waals surface area contributed by atoms with Crippen molar-refractivity contribution >= 4 is 11.9 Å². The van der Waals surface area contributed by atoms with Gasteiger partial charge in [0.2, 0.25) is 0 Å². The number of morpholine rings is 1. The van der Waals surface area contributed by atoms with Gasteiger partial charge < -0.3 is 14.7 Å². The highest BCUT2D eigenvalue weighted by atomic mass is 19.1. The average Bonchev–Trinajstić information content (AvgIpc) is 3.05. The van der Waals surface area contributed by atoms with Gasteiger partial charge in [-0.1, -0.05) is 6.92 Å². The molecule has 132 valence electrons. The third-order valence-electron chi connectivity index (χ3n) is 4.13. The van der Waals surface area contributed by atoms with Crippen LogP contribution in [-0.2, 0) is 16.0 Å². The van der Waals surface area contributed by atoms with Gasteiger partial charge >= 0.3 is 5.97 Å². The first-order valence-corrected chi connectivity index (χ1v) is 7.97. The first-order valence-electron chi connectivity index (χ1n) is 7.97. The van der Waals surface area contributed by atoms with Crippen molar-refractivity contribution in [3.05, 3.63) is 47.5 Å². The highest BCUT2D eigenvalue weighted by molar-refractivity contribution is 5.95. The molecule has 0 saturated carbocycles. The Hall–Kier alpha value is -2.74. The minimum absolute atomic E-state index is 0.000943. The largest absolute Gasteiger partial charge is 0.479 e. The molecule has 0 spiro atoms. The molecule has 2 heterocycles. The minimum Gasteiger partial charge on any atom is -0.479 e. The van der Waals surface area contributed by atoms with Gasteiger partial charge in [0.1, 0.15) is 5.82 Å². The summed E-state index contributed by atoms with van der Waals surface area (Å²) >= 11 is 0. The predicted molar refractivity (Wildman–Crippen MR) is 86.2 cm³/mol. The second kappa shape index (κ2) is 7.02. The summed E-state index contributed by atoms with van der Waals surface area (Å²) in [7, 11) is 0. The van der Waals surface area contributed by atoms with Crippen molar-refractivity contribution in [1.29, 1.82) is 0 Å². The maximum absolute atomic E-state index is 13.1. The fraction of sp³-hybridized carbons (Fsp3) is 0.353. The van der Waals surface area contributed by atoms with Crippen molar-refractivity contribution in [1.82, 2.24) is 14.7 Å². The molecule has 1 aromatic heterocycles. The number of carboxylic acid groups (broad SMARTS) is 1. The standard InChI is InChI=1S/C17H18FN3O4/c1-2-14-13(9-19-21(14)12-5-3-11(18)4-6-12)16(22)20-7-8-25-15(10-20)17(23)24/h3-6,9,15H,2,7-8,10H2,1H3,(H,23,24). The van der Waals surface area contributed by atoms with Gasteiger partial charge in [0.05, 0.1) is 36.3 Å². The van der Waals surface area contributed by atoms with E-state index in [2.05, 4.69) is 5.10 Å². The van der Waals surface area contributed by atoms with E-state index in [4.69, 9.17) is 9.84 Å². The molecule has 1 saturated heterocycles. The lowest BCUT2D eigenvalue weighted by molar-refractivity contribution is -0.154. The summed E-state index contributed by atoms with van der Waals surface area (Å²) in [5.74, 6) is -1.71. The first kappa shape index (κ1) is 17.1. The molecule has 2 aromatic rings. The van der Waals surface area contributed by atoms with Crippen molar-refractivity contribution in [2.24, 2.45) is 0 Å². The van der Waals surface area contributed by atoms with Crippen molar-refractivity contribution in [3.63, 3.8) is 0 Å². The topological polar surface area (TPSA) is 84.7 Å². The number of rotatable bonds is 4. The Balaban J connectivity index is 1.88. The van der Waals surface area contributed by atoms with Crippen LogP contribution in [0, 0.1) is 5.82 Å². The molecule has 1 fully saturated rings. The van der Waals surface area contributed by atoms with Crippen LogP contribution >= 0.6 is 0 Å². The summed E-state index contributed by atoms with van der Waals surface area (Å²) in [6, 6.07) is 5.84. The molecule has 1 aromatic carbocycles. The molecule has 1 unspecified atom stereocenters. The van der Waals surface area contributed by atoms with Crippen LogP contribution in [0.15, 0.2) is 30.5 Å². The molecular weight excluding hydrogens is 329 g/mol. The van der Waals surface area contributed by atoms with Gasteiger partial charge in [-0.15, -0.1) is 0 Å². The summed E-state index contributed by atoms with van der Waals surface area (Å²) < 4.78 is 19.9. The average molecular weight is 347 g/mol. The lowest BCUT2D eigenvalue weighted by Crippen LogP contribution is -2.48. The van der Waals surface area contributed by atoms with Crippen LogP contribution in [0.3, 0.4) is 0 Å². The van der Waals surface area contributed by atoms with Gasteiger partial charge in [0.25, 0.3) is 5.91 Å². The first-order chi connectivity index (χ1) is 12.0. The summed E-state index contributed by atoms with van der Waals surface area (Å²) in [5.41, 5.74) is 1.76. The maximum atomic E-state index is 13.1. The number of aromatic nitrogens is 2. The van der Waals surface area contributed by atoms with Crippen molar-refractivity contribution in [2.75, 3.05) is 19.7 Å². The van der Waals surface area contributed by atoms with Crippen LogP contribution in [0.2, 0.25) is 0 Å². The van der Waals surface area contributed by atoms with Crippen LogP contribution in [0.4, 0.5) is 4.39 Å². The van der Waals surface area contributed by atoms with Crippen LogP contribution in [0.5, 0.6) is 0 Å². The monoisotopic (exact) mass is 347 g/mol. The number of hydrogen-bond donors (Lipinski definition) is 1. The maximum Gasteiger partial charge on any atom is 0.334 e. The van der Waals surface area contributed by atoms with E-state index in [1.165, 1.54) is 23.2 Å². The molecule has 7 nitrogen and oxygen atoms in total. The Kier molecular flexibility index (Phi) is 4.80. The van der Waals surface area contributed by atoms with Crippen molar-refractivity contribution in [2.45, 2.75) is 19.4 Å². The Bertz CT molecular complexity index is 788. The lowest BCUT2D eigenvalue weighted by Gasteiger charge is -2.30. The molecule has 0 aliphatic carbocycles. The zero-order valence-corrected chi connectivity index (χ0v) is 13.7. The summed E-state index contributed by atoms with van der Waals surface area (Å²) in [6.07, 6.45) is 0.996. The Morgan fingerprint density at radius 2 is 2.08 bits per heavy atom. The van der Waals surface area contributed by atoms with E-state index in [0.29, 0.717) is 29.9 Å². The molecule has 0 radical (unpaired) electrons. The molecule has 1 aliphatic heterocycles. The Morgan fingerprint density at radius 1 is 1.36 bits per heavy atom. The van der Waals surface area contributed by atoms with Gasteiger partial charge in [-0.3, -0.25) is 4.79 Å². The lowest BCUT2D eigenvalue weighted by atomic mass is 10.1. The summed E-state index contributed by atoms with van der Waals surface area (Å²) in [5, 5.41) is 13.3. The van der Waals surface area contributed by atoms with Crippen LogP contribution < -0.4 is 0 Å². The third kappa shape index (κ3) is 3.39. The SMILES string of the molecule is CCc1c(C(=O)N2CCOC(C(=O)O)C2)cnn1-c1ccc(F)cc1. The molecule has 25 heavy (non-hydrogen) atoms. The number of halogens is 1. The van der Waals surface area contributed by atoms with Gasteiger partial charge in [-0.25, -0.2) is 13.9 Å². The van der Waals surface area contributed by atoms with E-state index >= 15 is 0 Å².